The van der Waals surface area contributed by atoms with Crippen molar-refractivity contribution < 1.29 is 30.3 Å². The Hall–Kier alpha value is -0.690. The molecule has 4 aliphatic rings. The van der Waals surface area contributed by atoms with Gasteiger partial charge in [-0.3, -0.25) is 4.79 Å². The highest BCUT2D eigenvalue weighted by Crippen LogP contribution is 2.69. The van der Waals surface area contributed by atoms with E-state index in [0.717, 1.165) is 32.1 Å². The molecule has 4 aliphatic carbocycles. The maximum absolute atomic E-state index is 11.7. The van der Waals surface area contributed by atoms with E-state index in [4.69, 9.17) is 0 Å². The maximum atomic E-state index is 11.7. The predicted octanol–water partition coefficient (Wildman–Crippen LogP) is 4.23. The van der Waals surface area contributed by atoms with Crippen LogP contribution < -0.4 is 0 Å². The van der Waals surface area contributed by atoms with Crippen LogP contribution in [-0.2, 0) is 4.79 Å². The Morgan fingerprint density at radius 2 is 1.69 bits per heavy atom. The molecule has 6 heteroatoms. The summed E-state index contributed by atoms with van der Waals surface area (Å²) in [5.41, 5.74) is -1.72. The average molecular weight is 495 g/mol. The van der Waals surface area contributed by atoms with Gasteiger partial charge in [0.15, 0.2) is 0 Å². The molecule has 12 atom stereocenters. The van der Waals surface area contributed by atoms with Gasteiger partial charge >= 0.3 is 5.97 Å². The first-order valence-electron chi connectivity index (χ1n) is 14.2. The van der Waals surface area contributed by atoms with Crippen LogP contribution in [0.2, 0.25) is 0 Å². The number of fused-ring (bicyclic) bond motifs is 5. The molecule has 0 aromatic heterocycles. The first kappa shape index (κ1) is 27.3. The maximum Gasteiger partial charge on any atom is 0.303 e. The van der Waals surface area contributed by atoms with Crippen LogP contribution in [0.5, 0.6) is 0 Å². The van der Waals surface area contributed by atoms with Crippen LogP contribution in [0.1, 0.15) is 98.8 Å². The number of rotatable bonds is 7. The van der Waals surface area contributed by atoms with Crippen LogP contribution in [0.25, 0.3) is 0 Å². The van der Waals surface area contributed by atoms with E-state index in [0.29, 0.717) is 37.0 Å². The molecule has 0 amide bonds. The summed E-state index contributed by atoms with van der Waals surface area (Å²) in [6, 6.07) is 0. The summed E-state index contributed by atoms with van der Waals surface area (Å²) in [6.07, 6.45) is 5.12. The molecule has 5 N–H and O–H groups in total. The monoisotopic (exact) mass is 494 g/mol. The van der Waals surface area contributed by atoms with Gasteiger partial charge in [0.2, 0.25) is 0 Å². The van der Waals surface area contributed by atoms with Crippen molar-refractivity contribution in [2.75, 3.05) is 0 Å². The molecule has 35 heavy (non-hydrogen) atoms. The third kappa shape index (κ3) is 4.38. The average Bonchev–Trinajstić information content (AvgIpc) is 3.03. The molecule has 0 aromatic rings. The van der Waals surface area contributed by atoms with E-state index in [-0.39, 0.29) is 41.9 Å². The van der Waals surface area contributed by atoms with Crippen molar-refractivity contribution in [2.24, 2.45) is 52.3 Å². The van der Waals surface area contributed by atoms with Gasteiger partial charge in [-0.15, -0.1) is 0 Å². The normalized spacial score (nSPS) is 49.1. The second-order valence-electron chi connectivity index (χ2n) is 13.9. The van der Waals surface area contributed by atoms with Gasteiger partial charge in [-0.2, -0.15) is 0 Å². The number of aliphatic hydroxyl groups is 4. The minimum Gasteiger partial charge on any atom is -0.481 e. The van der Waals surface area contributed by atoms with Gasteiger partial charge in [-0.25, -0.2) is 0 Å². The molecule has 4 fully saturated rings. The zero-order valence-corrected chi connectivity index (χ0v) is 22.5. The van der Waals surface area contributed by atoms with Crippen LogP contribution in [0, 0.1) is 52.3 Å². The van der Waals surface area contributed by atoms with Gasteiger partial charge in [0.05, 0.1) is 23.9 Å². The van der Waals surface area contributed by atoms with Crippen LogP contribution in [-0.4, -0.2) is 55.4 Å². The van der Waals surface area contributed by atoms with Crippen molar-refractivity contribution in [1.82, 2.24) is 0 Å². The van der Waals surface area contributed by atoms with Gasteiger partial charge in [0.25, 0.3) is 0 Å². The number of hydrogen-bond donors (Lipinski definition) is 5. The number of carbonyl (C=O) groups is 1. The Morgan fingerprint density at radius 1 is 1.00 bits per heavy atom. The predicted molar refractivity (Wildman–Crippen MR) is 134 cm³/mol. The second kappa shape index (κ2) is 9.56. The molecule has 0 saturated heterocycles. The van der Waals surface area contributed by atoms with E-state index in [1.807, 2.05) is 0 Å². The lowest BCUT2D eigenvalue weighted by molar-refractivity contribution is -0.268. The highest BCUT2D eigenvalue weighted by Gasteiger charge is 2.68. The Morgan fingerprint density at radius 3 is 2.31 bits per heavy atom. The molecule has 0 aromatic carbocycles. The molecular formula is C29H50O6. The van der Waals surface area contributed by atoms with Crippen LogP contribution in [0.3, 0.4) is 0 Å². The number of carboxylic acid groups (broad SMARTS) is 1. The van der Waals surface area contributed by atoms with Gasteiger partial charge in [-0.05, 0) is 91.8 Å². The van der Waals surface area contributed by atoms with Crippen molar-refractivity contribution in [3.63, 3.8) is 0 Å². The summed E-state index contributed by atoms with van der Waals surface area (Å²) < 4.78 is 0. The topological polar surface area (TPSA) is 118 Å². The summed E-state index contributed by atoms with van der Waals surface area (Å²) in [7, 11) is 0. The van der Waals surface area contributed by atoms with Crippen molar-refractivity contribution in [3.8, 4) is 0 Å². The SMILES string of the molecule is CC(C)C(CCC(C)C1CC(O)C2C3CC(O)C4(O)CC(O)CCC4(C)C3CCC12C)CC(=O)O. The first-order valence-corrected chi connectivity index (χ1v) is 14.2. The largest absolute Gasteiger partial charge is 0.481 e. The zero-order valence-electron chi connectivity index (χ0n) is 22.5. The summed E-state index contributed by atoms with van der Waals surface area (Å²) in [5.74, 6) is 1.08. The fraction of sp³-hybridized carbons (Fsp3) is 0.966. The van der Waals surface area contributed by atoms with Crippen LogP contribution in [0.15, 0.2) is 0 Å². The summed E-state index contributed by atoms with van der Waals surface area (Å²) in [6.45, 7) is 11.0. The number of aliphatic hydroxyl groups excluding tert-OH is 3. The molecule has 4 rings (SSSR count). The third-order valence-corrected chi connectivity index (χ3v) is 11.9. The number of hydrogen-bond acceptors (Lipinski definition) is 5. The van der Waals surface area contributed by atoms with E-state index >= 15 is 0 Å². The fourth-order valence-corrected chi connectivity index (χ4v) is 9.83. The molecule has 0 spiro atoms. The van der Waals surface area contributed by atoms with Crippen molar-refractivity contribution in [2.45, 2.75) is 123 Å². The molecule has 0 radical (unpaired) electrons. The van der Waals surface area contributed by atoms with Gasteiger partial charge in [0, 0.05) is 18.3 Å². The lowest BCUT2D eigenvalue weighted by Crippen LogP contribution is -2.69. The van der Waals surface area contributed by atoms with Crippen LogP contribution >= 0.6 is 0 Å². The lowest BCUT2D eigenvalue weighted by Gasteiger charge is -2.65. The van der Waals surface area contributed by atoms with Crippen molar-refractivity contribution >= 4 is 5.97 Å². The highest BCUT2D eigenvalue weighted by atomic mass is 16.4. The molecule has 12 unspecified atom stereocenters. The first-order chi connectivity index (χ1) is 16.2. The molecule has 0 heterocycles. The van der Waals surface area contributed by atoms with Gasteiger partial charge < -0.3 is 25.5 Å². The van der Waals surface area contributed by atoms with E-state index in [1.165, 1.54) is 0 Å². The van der Waals surface area contributed by atoms with Gasteiger partial charge in [-0.1, -0.05) is 41.0 Å². The smallest absolute Gasteiger partial charge is 0.303 e. The third-order valence-electron chi connectivity index (χ3n) is 11.9. The summed E-state index contributed by atoms with van der Waals surface area (Å²) >= 11 is 0. The molecule has 0 bridgehead atoms. The standard InChI is InChI=1S/C29H50O6/c1-16(2)18(12-25(33)34)7-6-17(3)22-14-23(31)26-20-13-24(32)29(35)15-19(30)8-11-28(29,5)21(20)9-10-27(22,26)4/h16-24,26,30-32,35H,6-15H2,1-5H3,(H,33,34). The number of aliphatic carboxylic acids is 1. The lowest BCUT2D eigenvalue weighted by atomic mass is 9.42. The Bertz CT molecular complexity index is 785. The molecule has 0 aliphatic heterocycles. The minimum absolute atomic E-state index is 0.0140. The Labute approximate surface area is 211 Å². The minimum atomic E-state index is -1.26. The van der Waals surface area contributed by atoms with Gasteiger partial charge in [0.1, 0.15) is 0 Å². The fourth-order valence-electron chi connectivity index (χ4n) is 9.83. The van der Waals surface area contributed by atoms with E-state index < -0.39 is 35.3 Å². The van der Waals surface area contributed by atoms with Crippen molar-refractivity contribution in [1.29, 1.82) is 0 Å². The van der Waals surface area contributed by atoms with Crippen molar-refractivity contribution in [3.05, 3.63) is 0 Å². The Kier molecular flexibility index (Phi) is 7.47. The zero-order chi connectivity index (χ0) is 25.9. The van der Waals surface area contributed by atoms with Crippen LogP contribution in [0.4, 0.5) is 0 Å². The molecular weight excluding hydrogens is 444 g/mol. The number of carboxylic acids is 1. The van der Waals surface area contributed by atoms with E-state index in [2.05, 4.69) is 34.6 Å². The molecule has 4 saturated carbocycles. The molecule has 202 valence electrons. The Balaban J connectivity index is 1.53. The summed E-state index contributed by atoms with van der Waals surface area (Å²) in [4.78, 5) is 11.3. The highest BCUT2D eigenvalue weighted by molar-refractivity contribution is 5.67. The summed E-state index contributed by atoms with van der Waals surface area (Å²) in [5, 5.41) is 53.9. The second-order valence-corrected chi connectivity index (χ2v) is 13.9. The quantitative estimate of drug-likeness (QED) is 0.362. The van der Waals surface area contributed by atoms with E-state index in [9.17, 15) is 30.3 Å². The molecule has 6 nitrogen and oxygen atoms in total. The van der Waals surface area contributed by atoms with E-state index in [1.54, 1.807) is 0 Å².